The van der Waals surface area contributed by atoms with E-state index in [1.165, 1.54) is 24.6 Å². The zero-order chi connectivity index (χ0) is 22.9. The topological polar surface area (TPSA) is 61.8 Å². The van der Waals surface area contributed by atoms with Crippen LogP contribution >= 0.6 is 35.0 Å². The number of nitrogens with one attached hydrogen (secondary N) is 1. The number of amides is 2. The number of aliphatic imine (C=N–C) groups is 1. The van der Waals surface area contributed by atoms with Gasteiger partial charge < -0.3 is 5.32 Å². The van der Waals surface area contributed by atoms with Crippen molar-refractivity contribution in [3.8, 4) is 0 Å². The van der Waals surface area contributed by atoms with E-state index in [-0.39, 0.29) is 18.2 Å². The second-order valence-corrected chi connectivity index (χ2v) is 9.68. The lowest BCUT2D eigenvalue weighted by Gasteiger charge is -2.32. The highest BCUT2D eigenvalue weighted by Gasteiger charge is 2.35. The summed E-state index contributed by atoms with van der Waals surface area (Å²) in [5, 5.41) is 4.01. The monoisotopic (exact) mass is 491 g/mol. The zero-order valence-corrected chi connectivity index (χ0v) is 20.3. The molecule has 0 radical (unpaired) electrons. The maximum absolute atomic E-state index is 13.0. The molecule has 2 amide bonds. The highest BCUT2D eigenvalue weighted by atomic mass is 35.5. The maximum atomic E-state index is 13.0. The smallest absolute Gasteiger partial charge is 0.238 e. The molecule has 0 aliphatic carbocycles. The van der Waals surface area contributed by atoms with Crippen LogP contribution in [-0.2, 0) is 9.59 Å². The molecule has 0 aromatic heterocycles. The first-order valence-electron chi connectivity index (χ1n) is 10.8. The predicted octanol–water partition coefficient (Wildman–Crippen LogP) is 6.92. The molecule has 0 saturated carbocycles. The second-order valence-electron chi connectivity index (χ2n) is 7.64. The Kier molecular flexibility index (Phi) is 9.45. The van der Waals surface area contributed by atoms with E-state index < -0.39 is 5.25 Å². The van der Waals surface area contributed by atoms with E-state index in [1.54, 1.807) is 41.3 Å². The van der Waals surface area contributed by atoms with Crippen LogP contribution in [0.2, 0.25) is 10.0 Å². The molecule has 3 rings (SSSR count). The van der Waals surface area contributed by atoms with Crippen LogP contribution in [0.1, 0.15) is 45.4 Å². The molecule has 1 atom stereocenters. The highest BCUT2D eigenvalue weighted by molar-refractivity contribution is 8.15. The van der Waals surface area contributed by atoms with E-state index in [2.05, 4.69) is 17.2 Å². The molecule has 2 aromatic rings. The number of amidine groups is 1. The molecular weight excluding hydrogens is 465 g/mol. The Hall–Kier alpha value is -2.02. The minimum Gasteiger partial charge on any atom is -0.325 e. The number of rotatable bonds is 9. The molecule has 0 spiro atoms. The molecule has 32 heavy (non-hydrogen) atoms. The first kappa shape index (κ1) is 24.6. The fourth-order valence-corrected chi connectivity index (χ4v) is 4.78. The van der Waals surface area contributed by atoms with Gasteiger partial charge in [-0.3, -0.25) is 14.5 Å². The average molecular weight is 492 g/mol. The van der Waals surface area contributed by atoms with E-state index in [0.717, 1.165) is 19.3 Å². The van der Waals surface area contributed by atoms with Crippen molar-refractivity contribution in [2.24, 2.45) is 4.99 Å². The Bertz CT molecular complexity index is 966. The van der Waals surface area contributed by atoms with Gasteiger partial charge in [-0.25, -0.2) is 4.99 Å². The molecule has 5 nitrogen and oxygen atoms in total. The lowest BCUT2D eigenvalue weighted by Crippen LogP contribution is -2.45. The van der Waals surface area contributed by atoms with Crippen LogP contribution < -0.4 is 5.32 Å². The van der Waals surface area contributed by atoms with E-state index in [4.69, 9.17) is 23.2 Å². The number of anilines is 1. The van der Waals surface area contributed by atoms with Gasteiger partial charge in [0.25, 0.3) is 0 Å². The van der Waals surface area contributed by atoms with Crippen LogP contribution in [0.4, 0.5) is 11.4 Å². The summed E-state index contributed by atoms with van der Waals surface area (Å²) in [6.45, 7) is 2.77. The largest absolute Gasteiger partial charge is 0.325 e. The summed E-state index contributed by atoms with van der Waals surface area (Å²) in [5.74, 6) is -0.316. The molecule has 0 bridgehead atoms. The van der Waals surface area contributed by atoms with Crippen molar-refractivity contribution < 1.29 is 9.59 Å². The molecule has 1 unspecified atom stereocenters. The van der Waals surface area contributed by atoms with Crippen LogP contribution in [0.5, 0.6) is 0 Å². The number of hydrogen-bond donors (Lipinski definition) is 1. The van der Waals surface area contributed by atoms with E-state index >= 15 is 0 Å². The van der Waals surface area contributed by atoms with Crippen molar-refractivity contribution in [3.63, 3.8) is 0 Å². The Morgan fingerprint density at radius 2 is 1.84 bits per heavy atom. The summed E-state index contributed by atoms with van der Waals surface area (Å²) in [6, 6.07) is 14.1. The molecule has 170 valence electrons. The third-order valence-electron chi connectivity index (χ3n) is 5.06. The van der Waals surface area contributed by atoms with Gasteiger partial charge in [0.1, 0.15) is 5.25 Å². The quantitative estimate of drug-likeness (QED) is 0.387. The number of nitrogens with zero attached hydrogens (tertiary/aromatic N) is 2. The van der Waals surface area contributed by atoms with Crippen molar-refractivity contribution in [3.05, 3.63) is 58.6 Å². The van der Waals surface area contributed by atoms with Gasteiger partial charge in [-0.15, -0.1) is 0 Å². The minimum atomic E-state index is -0.563. The Balaban J connectivity index is 1.75. The molecule has 1 fully saturated rings. The predicted molar refractivity (Wildman–Crippen MR) is 135 cm³/mol. The number of unbranched alkanes of at least 4 members (excludes halogenated alkanes) is 4. The van der Waals surface area contributed by atoms with Gasteiger partial charge >= 0.3 is 0 Å². The normalized spacial score (nSPS) is 17.6. The number of benzene rings is 2. The summed E-state index contributed by atoms with van der Waals surface area (Å²) in [4.78, 5) is 32.3. The molecule has 1 saturated heterocycles. The summed E-state index contributed by atoms with van der Waals surface area (Å²) in [5.41, 5.74) is 1.29. The van der Waals surface area contributed by atoms with Gasteiger partial charge in [0.2, 0.25) is 11.8 Å². The fourth-order valence-electron chi connectivity index (χ4n) is 3.35. The molecule has 1 aliphatic rings. The van der Waals surface area contributed by atoms with Crippen molar-refractivity contribution in [2.45, 2.75) is 50.7 Å². The standard InChI is InChI=1S/C24H27Cl2N3O2S/c1-2-3-4-5-6-14-29-22(30)16-21(23(31)27-19-12-10-17(25)11-13-19)32-24(29)28-20-9-7-8-18(26)15-20/h7-13,15,21H,2-6,14,16H2,1H3,(H,27,31). The van der Waals surface area contributed by atoms with Crippen molar-refractivity contribution >= 4 is 63.3 Å². The number of thioether (sulfide) groups is 1. The van der Waals surface area contributed by atoms with Crippen LogP contribution in [0, 0.1) is 0 Å². The molecule has 8 heteroatoms. The zero-order valence-electron chi connectivity index (χ0n) is 18.0. The summed E-state index contributed by atoms with van der Waals surface area (Å²) >= 11 is 13.3. The fraction of sp³-hybridized carbons (Fsp3) is 0.375. The SMILES string of the molecule is CCCCCCCN1C(=O)CC(C(=O)Nc2ccc(Cl)cc2)SC1=Nc1cccc(Cl)c1. The third-order valence-corrected chi connectivity index (χ3v) is 6.74. The lowest BCUT2D eigenvalue weighted by atomic mass is 10.1. The third kappa shape index (κ3) is 7.26. The lowest BCUT2D eigenvalue weighted by molar-refractivity contribution is -0.129. The van der Waals surface area contributed by atoms with Crippen LogP contribution in [-0.4, -0.2) is 33.7 Å². The first-order chi connectivity index (χ1) is 15.5. The Morgan fingerprint density at radius 1 is 1.09 bits per heavy atom. The van der Waals surface area contributed by atoms with Crippen LogP contribution in [0.25, 0.3) is 0 Å². The first-order valence-corrected chi connectivity index (χ1v) is 12.5. The van der Waals surface area contributed by atoms with Crippen molar-refractivity contribution in [2.75, 3.05) is 11.9 Å². The molecule has 2 aromatic carbocycles. The summed E-state index contributed by atoms with van der Waals surface area (Å²) in [7, 11) is 0. The molecule has 1 N–H and O–H groups in total. The van der Waals surface area contributed by atoms with E-state index in [0.29, 0.717) is 33.1 Å². The average Bonchev–Trinajstić information content (AvgIpc) is 2.76. The van der Waals surface area contributed by atoms with Gasteiger partial charge in [0, 0.05) is 28.7 Å². The minimum absolute atomic E-state index is 0.0868. The summed E-state index contributed by atoms with van der Waals surface area (Å²) in [6.07, 6.45) is 5.62. The van der Waals surface area contributed by atoms with Gasteiger partial charge in [-0.1, -0.05) is 73.6 Å². The number of carbonyl (C=O) groups excluding carboxylic acids is 2. The number of hydrogen-bond acceptors (Lipinski definition) is 4. The van der Waals surface area contributed by atoms with Gasteiger partial charge in [-0.05, 0) is 48.9 Å². The van der Waals surface area contributed by atoms with Crippen molar-refractivity contribution in [1.82, 2.24) is 4.90 Å². The summed E-state index contributed by atoms with van der Waals surface area (Å²) < 4.78 is 0. The van der Waals surface area contributed by atoms with Gasteiger partial charge in [-0.2, -0.15) is 0 Å². The van der Waals surface area contributed by atoms with Gasteiger partial charge in [0.15, 0.2) is 5.17 Å². The maximum Gasteiger partial charge on any atom is 0.238 e. The van der Waals surface area contributed by atoms with Crippen molar-refractivity contribution in [1.29, 1.82) is 0 Å². The van der Waals surface area contributed by atoms with Gasteiger partial charge in [0.05, 0.1) is 5.69 Å². The van der Waals surface area contributed by atoms with Crippen LogP contribution in [0.15, 0.2) is 53.5 Å². The molecule has 1 aliphatic heterocycles. The second kappa shape index (κ2) is 12.3. The number of carbonyl (C=O) groups is 2. The molecular formula is C24H27Cl2N3O2S. The Labute approximate surface area is 203 Å². The highest BCUT2D eigenvalue weighted by Crippen LogP contribution is 2.31. The molecule has 1 heterocycles. The van der Waals surface area contributed by atoms with Crippen LogP contribution in [0.3, 0.4) is 0 Å². The van der Waals surface area contributed by atoms with E-state index in [9.17, 15) is 9.59 Å². The Morgan fingerprint density at radius 3 is 2.56 bits per heavy atom. The number of halogens is 2. The van der Waals surface area contributed by atoms with E-state index in [1.807, 2.05) is 12.1 Å².